The molecule has 6 heteroatoms. The number of terminal acetylenes is 1. The van der Waals surface area contributed by atoms with Gasteiger partial charge in [-0.3, -0.25) is 14.9 Å². The smallest absolute Gasteiger partial charge is 0.311 e. The van der Waals surface area contributed by atoms with E-state index in [1.54, 1.807) is 0 Å². The van der Waals surface area contributed by atoms with Gasteiger partial charge in [0, 0.05) is 24.6 Å². The van der Waals surface area contributed by atoms with Crippen LogP contribution in [0.4, 0.5) is 5.69 Å². The number of nitrogens with one attached hydrogen (secondary N) is 1. The van der Waals surface area contributed by atoms with Crippen molar-refractivity contribution in [2.24, 2.45) is 0 Å². The predicted octanol–water partition coefficient (Wildman–Crippen LogP) is 2.14. The fraction of sp³-hybridized carbons (Fsp3) is 0.357. The third-order valence-corrected chi connectivity index (χ3v) is 2.67. The van der Waals surface area contributed by atoms with Crippen molar-refractivity contribution >= 4 is 11.6 Å². The molecule has 0 fully saturated rings. The molecule has 1 aromatic rings. The molecular weight excluding hydrogens is 260 g/mol. The lowest BCUT2D eigenvalue weighted by Gasteiger charge is -2.06. The van der Waals surface area contributed by atoms with E-state index in [1.165, 1.54) is 25.3 Å². The topological polar surface area (TPSA) is 81.5 Å². The van der Waals surface area contributed by atoms with Gasteiger partial charge in [0.1, 0.15) is 0 Å². The van der Waals surface area contributed by atoms with E-state index < -0.39 is 4.92 Å². The van der Waals surface area contributed by atoms with Crippen molar-refractivity contribution in [2.45, 2.75) is 19.3 Å². The van der Waals surface area contributed by atoms with Crippen molar-refractivity contribution < 1.29 is 14.5 Å². The van der Waals surface area contributed by atoms with Gasteiger partial charge in [0.15, 0.2) is 5.75 Å². The number of ether oxygens (including phenoxy) is 1. The van der Waals surface area contributed by atoms with E-state index in [2.05, 4.69) is 11.2 Å². The molecule has 0 spiro atoms. The van der Waals surface area contributed by atoms with Crippen LogP contribution in [0.3, 0.4) is 0 Å². The lowest BCUT2D eigenvalue weighted by atomic mass is 10.1. The number of methoxy groups -OCH3 is 1. The summed E-state index contributed by atoms with van der Waals surface area (Å²) >= 11 is 0. The highest BCUT2D eigenvalue weighted by atomic mass is 16.6. The number of amides is 1. The second-order valence-electron chi connectivity index (χ2n) is 4.06. The van der Waals surface area contributed by atoms with Crippen LogP contribution in [0.2, 0.25) is 0 Å². The van der Waals surface area contributed by atoms with Crippen molar-refractivity contribution in [1.82, 2.24) is 5.32 Å². The molecule has 0 aliphatic rings. The molecule has 1 amide bonds. The minimum Gasteiger partial charge on any atom is -0.490 e. The molecule has 0 heterocycles. The fourth-order valence-corrected chi connectivity index (χ4v) is 1.63. The van der Waals surface area contributed by atoms with Crippen LogP contribution in [-0.2, 0) is 0 Å². The molecule has 20 heavy (non-hydrogen) atoms. The van der Waals surface area contributed by atoms with E-state index in [9.17, 15) is 14.9 Å². The predicted molar refractivity (Wildman–Crippen MR) is 74.7 cm³/mol. The van der Waals surface area contributed by atoms with Crippen molar-refractivity contribution in [3.63, 3.8) is 0 Å². The minimum absolute atomic E-state index is 0.126. The van der Waals surface area contributed by atoms with Crippen LogP contribution in [0, 0.1) is 22.5 Å². The lowest BCUT2D eigenvalue weighted by Crippen LogP contribution is -2.24. The third-order valence-electron chi connectivity index (χ3n) is 2.67. The number of unbranched alkanes of at least 4 members (excludes halogenated alkanes) is 2. The van der Waals surface area contributed by atoms with Gasteiger partial charge in [0.2, 0.25) is 0 Å². The Bertz CT molecular complexity index is 534. The van der Waals surface area contributed by atoms with Crippen LogP contribution in [0.25, 0.3) is 0 Å². The Morgan fingerprint density at radius 3 is 2.85 bits per heavy atom. The standard InChI is InChI=1S/C14H16N2O4/c1-3-4-5-6-9-15-14(17)11-7-8-13(20-2)12(10-11)16(18)19/h1,7-8,10H,4-6,9H2,2H3,(H,15,17). The van der Waals surface area contributed by atoms with Gasteiger partial charge < -0.3 is 10.1 Å². The van der Waals surface area contributed by atoms with Crippen molar-refractivity contribution in [2.75, 3.05) is 13.7 Å². The van der Waals surface area contributed by atoms with Crippen molar-refractivity contribution in [3.05, 3.63) is 33.9 Å². The molecule has 6 nitrogen and oxygen atoms in total. The van der Waals surface area contributed by atoms with Gasteiger partial charge >= 0.3 is 5.69 Å². The van der Waals surface area contributed by atoms with E-state index in [0.29, 0.717) is 13.0 Å². The van der Waals surface area contributed by atoms with Crippen LogP contribution in [-0.4, -0.2) is 24.5 Å². The Hall–Kier alpha value is -2.55. The molecule has 0 atom stereocenters. The van der Waals surface area contributed by atoms with Crippen LogP contribution in [0.1, 0.15) is 29.6 Å². The first-order valence-electron chi connectivity index (χ1n) is 6.14. The van der Waals surface area contributed by atoms with E-state index in [1.807, 2.05) is 0 Å². The van der Waals surface area contributed by atoms with Gasteiger partial charge in [-0.05, 0) is 25.0 Å². The molecule has 0 aromatic heterocycles. The molecular formula is C14H16N2O4. The van der Waals surface area contributed by atoms with E-state index >= 15 is 0 Å². The molecule has 0 saturated heterocycles. The second-order valence-corrected chi connectivity index (χ2v) is 4.06. The Labute approximate surface area is 117 Å². The number of hydrogen-bond donors (Lipinski definition) is 1. The average Bonchev–Trinajstić information content (AvgIpc) is 2.46. The second kappa shape index (κ2) is 7.79. The molecule has 0 bridgehead atoms. The van der Waals surface area contributed by atoms with Gasteiger partial charge in [0.05, 0.1) is 12.0 Å². The summed E-state index contributed by atoms with van der Waals surface area (Å²) in [6.45, 7) is 0.486. The Morgan fingerprint density at radius 2 is 2.25 bits per heavy atom. The monoisotopic (exact) mass is 276 g/mol. The summed E-state index contributed by atoms with van der Waals surface area (Å²) in [6.07, 6.45) is 7.40. The van der Waals surface area contributed by atoms with Gasteiger partial charge in [0.25, 0.3) is 5.91 Å². The number of benzene rings is 1. The van der Waals surface area contributed by atoms with E-state index in [-0.39, 0.29) is 22.9 Å². The maximum Gasteiger partial charge on any atom is 0.311 e. The first kappa shape index (κ1) is 15.5. The summed E-state index contributed by atoms with van der Waals surface area (Å²) in [6, 6.07) is 4.10. The highest BCUT2D eigenvalue weighted by Crippen LogP contribution is 2.27. The number of carbonyl (C=O) groups is 1. The quantitative estimate of drug-likeness (QED) is 0.358. The van der Waals surface area contributed by atoms with Gasteiger partial charge in [-0.15, -0.1) is 12.3 Å². The van der Waals surface area contributed by atoms with Crippen LogP contribution >= 0.6 is 0 Å². The Kier molecular flexibility index (Phi) is 6.04. The Balaban J connectivity index is 2.67. The zero-order valence-electron chi connectivity index (χ0n) is 11.2. The van der Waals surface area contributed by atoms with E-state index in [0.717, 1.165) is 12.8 Å². The summed E-state index contributed by atoms with van der Waals surface area (Å²) in [7, 11) is 1.34. The third kappa shape index (κ3) is 4.28. The zero-order valence-corrected chi connectivity index (χ0v) is 11.2. The summed E-state index contributed by atoms with van der Waals surface area (Å²) < 4.78 is 4.87. The highest BCUT2D eigenvalue weighted by molar-refractivity contribution is 5.95. The molecule has 0 aliphatic heterocycles. The van der Waals surface area contributed by atoms with Crippen LogP contribution in [0.5, 0.6) is 5.75 Å². The summed E-state index contributed by atoms with van der Waals surface area (Å²) in [5.74, 6) is 2.29. The number of carbonyl (C=O) groups excluding carboxylic acids is 1. The summed E-state index contributed by atoms with van der Waals surface area (Å²) in [4.78, 5) is 22.1. The SMILES string of the molecule is C#CCCCCNC(=O)c1ccc(OC)c([N+](=O)[O-])c1. The molecule has 0 saturated carbocycles. The Morgan fingerprint density at radius 1 is 1.50 bits per heavy atom. The summed E-state index contributed by atoms with van der Waals surface area (Å²) in [5, 5.41) is 13.6. The van der Waals surface area contributed by atoms with Gasteiger partial charge in [-0.25, -0.2) is 0 Å². The number of rotatable bonds is 7. The molecule has 106 valence electrons. The number of nitrogens with zero attached hydrogens (tertiary/aromatic N) is 1. The normalized spacial score (nSPS) is 9.60. The lowest BCUT2D eigenvalue weighted by molar-refractivity contribution is -0.385. The largest absolute Gasteiger partial charge is 0.490 e. The van der Waals surface area contributed by atoms with Crippen LogP contribution in [0.15, 0.2) is 18.2 Å². The minimum atomic E-state index is -0.581. The van der Waals surface area contributed by atoms with E-state index in [4.69, 9.17) is 11.2 Å². The van der Waals surface area contributed by atoms with Crippen molar-refractivity contribution in [1.29, 1.82) is 0 Å². The molecule has 0 radical (unpaired) electrons. The number of nitro groups is 1. The van der Waals surface area contributed by atoms with Gasteiger partial charge in [-0.2, -0.15) is 0 Å². The van der Waals surface area contributed by atoms with Gasteiger partial charge in [-0.1, -0.05) is 0 Å². The summed E-state index contributed by atoms with van der Waals surface area (Å²) in [5.41, 5.74) is 0.00179. The fourth-order valence-electron chi connectivity index (χ4n) is 1.63. The molecule has 1 rings (SSSR count). The highest BCUT2D eigenvalue weighted by Gasteiger charge is 2.17. The number of hydrogen-bond acceptors (Lipinski definition) is 4. The maximum absolute atomic E-state index is 11.8. The molecule has 1 aromatic carbocycles. The first-order chi connectivity index (χ1) is 9.60. The molecule has 0 aliphatic carbocycles. The number of nitro benzene ring substituents is 1. The van der Waals surface area contributed by atoms with Crippen LogP contribution < -0.4 is 10.1 Å². The maximum atomic E-state index is 11.8. The first-order valence-corrected chi connectivity index (χ1v) is 6.14. The molecule has 0 unspecified atom stereocenters. The van der Waals surface area contributed by atoms with Crippen molar-refractivity contribution in [3.8, 4) is 18.1 Å². The molecule has 1 N–H and O–H groups in total. The average molecular weight is 276 g/mol. The zero-order chi connectivity index (χ0) is 15.0.